The van der Waals surface area contributed by atoms with Crippen LogP contribution in [-0.4, -0.2) is 17.9 Å². The molecule has 0 amide bonds. The third kappa shape index (κ3) is 1.18. The molecule has 1 atom stereocenters. The van der Waals surface area contributed by atoms with E-state index < -0.39 is 29.8 Å². The van der Waals surface area contributed by atoms with Crippen molar-refractivity contribution in [2.45, 2.75) is 17.9 Å². The first-order chi connectivity index (χ1) is 6.06. The van der Waals surface area contributed by atoms with E-state index in [0.29, 0.717) is 0 Å². The van der Waals surface area contributed by atoms with Gasteiger partial charge in [-0.05, 0) is 0 Å². The zero-order valence-electron chi connectivity index (χ0n) is 5.93. The zero-order valence-corrected chi connectivity index (χ0v) is 5.93. The Morgan fingerprint density at radius 1 is 1.00 bits per heavy atom. The Hall–Kier alpha value is -0.860. The molecule has 0 aromatic carbocycles. The van der Waals surface area contributed by atoms with E-state index in [4.69, 9.17) is 0 Å². The van der Waals surface area contributed by atoms with Crippen molar-refractivity contribution in [3.63, 3.8) is 0 Å². The molecule has 0 spiro atoms. The average molecular weight is 228 g/mol. The molecule has 9 heteroatoms. The first-order valence-corrected chi connectivity index (χ1v) is 2.92. The number of epoxide rings is 1. The minimum absolute atomic E-state index is 2.57. The van der Waals surface area contributed by atoms with Crippen molar-refractivity contribution >= 4 is 0 Å². The minimum atomic E-state index is -5.71. The summed E-state index contributed by atoms with van der Waals surface area (Å²) >= 11 is 0. The Morgan fingerprint density at radius 3 is 1.57 bits per heavy atom. The van der Waals surface area contributed by atoms with Crippen LogP contribution in [0.15, 0.2) is 11.9 Å². The highest BCUT2D eigenvalue weighted by atomic mass is 19.3. The maximum absolute atomic E-state index is 12.3. The van der Waals surface area contributed by atoms with Crippen LogP contribution in [0.3, 0.4) is 0 Å². The third-order valence-corrected chi connectivity index (χ3v) is 1.45. The summed E-state index contributed by atoms with van der Waals surface area (Å²) in [5, 5.41) is 0. The summed E-state index contributed by atoms with van der Waals surface area (Å²) in [7, 11) is 0. The fourth-order valence-electron chi connectivity index (χ4n) is 0.658. The first-order valence-electron chi connectivity index (χ1n) is 2.92. The van der Waals surface area contributed by atoms with Gasteiger partial charge in [-0.1, -0.05) is 0 Å². The van der Waals surface area contributed by atoms with E-state index in [2.05, 4.69) is 4.74 Å². The molecule has 0 bridgehead atoms. The standard InChI is InChI=1S/C5F8O/c6-1(2(7)8)3(9,10)4(11)5(12,13)14-4. The van der Waals surface area contributed by atoms with Gasteiger partial charge in [-0.25, -0.2) is 0 Å². The van der Waals surface area contributed by atoms with E-state index in [1.807, 2.05) is 0 Å². The van der Waals surface area contributed by atoms with Crippen LogP contribution in [0.4, 0.5) is 35.1 Å². The molecular formula is C5F8O. The Kier molecular flexibility index (Phi) is 2.07. The van der Waals surface area contributed by atoms with Crippen molar-refractivity contribution in [1.82, 2.24) is 0 Å². The Balaban J connectivity index is 3.06. The van der Waals surface area contributed by atoms with E-state index in [-0.39, 0.29) is 0 Å². The lowest BCUT2D eigenvalue weighted by Crippen LogP contribution is -2.38. The summed E-state index contributed by atoms with van der Waals surface area (Å²) in [6.07, 6.45) is -8.55. The molecule has 1 rings (SSSR count). The number of hydrogen-bond acceptors (Lipinski definition) is 1. The van der Waals surface area contributed by atoms with Crippen LogP contribution in [0.5, 0.6) is 0 Å². The Morgan fingerprint density at radius 2 is 1.36 bits per heavy atom. The van der Waals surface area contributed by atoms with Crippen LogP contribution in [0.25, 0.3) is 0 Å². The van der Waals surface area contributed by atoms with E-state index in [0.717, 1.165) is 0 Å². The second-order valence-electron chi connectivity index (χ2n) is 2.36. The van der Waals surface area contributed by atoms with Gasteiger partial charge in [0.2, 0.25) is 5.83 Å². The second-order valence-corrected chi connectivity index (χ2v) is 2.36. The van der Waals surface area contributed by atoms with Crippen molar-refractivity contribution in [1.29, 1.82) is 0 Å². The maximum atomic E-state index is 12.3. The van der Waals surface area contributed by atoms with Crippen LogP contribution in [0, 0.1) is 0 Å². The molecule has 0 radical (unpaired) electrons. The highest BCUT2D eigenvalue weighted by Crippen LogP contribution is 2.62. The average Bonchev–Trinajstić information content (AvgIpc) is 2.51. The van der Waals surface area contributed by atoms with Gasteiger partial charge in [0.05, 0.1) is 0 Å². The molecule has 1 heterocycles. The molecule has 0 N–H and O–H groups in total. The van der Waals surface area contributed by atoms with E-state index in [1.54, 1.807) is 0 Å². The van der Waals surface area contributed by atoms with Gasteiger partial charge in [-0.3, -0.25) is 4.74 Å². The topological polar surface area (TPSA) is 12.5 Å². The molecule has 1 nitrogen and oxygen atoms in total. The largest absolute Gasteiger partial charge is 0.424 e. The molecule has 1 saturated heterocycles. The lowest BCUT2D eigenvalue weighted by molar-refractivity contribution is -0.130. The number of halogens is 8. The van der Waals surface area contributed by atoms with E-state index >= 15 is 0 Å². The minimum Gasteiger partial charge on any atom is -0.265 e. The lowest BCUT2D eigenvalue weighted by Gasteiger charge is -2.13. The molecule has 0 aromatic heterocycles. The molecule has 1 unspecified atom stereocenters. The van der Waals surface area contributed by atoms with Crippen molar-refractivity contribution in [3.05, 3.63) is 11.9 Å². The Labute approximate surface area is 70.9 Å². The fraction of sp³-hybridized carbons (Fsp3) is 0.600. The highest BCUT2D eigenvalue weighted by Gasteiger charge is 2.90. The highest BCUT2D eigenvalue weighted by molar-refractivity contribution is 5.18. The predicted molar refractivity (Wildman–Crippen MR) is 25.2 cm³/mol. The summed E-state index contributed by atoms with van der Waals surface area (Å²) < 4.78 is 97.5. The van der Waals surface area contributed by atoms with Gasteiger partial charge < -0.3 is 0 Å². The van der Waals surface area contributed by atoms with Crippen molar-refractivity contribution in [2.24, 2.45) is 0 Å². The molecule has 1 aliphatic heterocycles. The second kappa shape index (κ2) is 2.59. The summed E-state index contributed by atoms with van der Waals surface area (Å²) in [6.45, 7) is 0. The van der Waals surface area contributed by atoms with Crippen LogP contribution in [0.2, 0.25) is 0 Å². The summed E-state index contributed by atoms with van der Waals surface area (Å²) in [6, 6.07) is 0. The normalized spacial score (nSPS) is 30.0. The van der Waals surface area contributed by atoms with Crippen LogP contribution >= 0.6 is 0 Å². The van der Waals surface area contributed by atoms with Gasteiger partial charge in [0.1, 0.15) is 0 Å². The molecule has 0 aliphatic carbocycles. The predicted octanol–water partition coefficient (Wildman–Crippen LogP) is 2.99. The van der Waals surface area contributed by atoms with E-state index in [9.17, 15) is 35.1 Å². The number of ether oxygens (including phenoxy) is 1. The monoisotopic (exact) mass is 228 g/mol. The summed E-state index contributed by atoms with van der Waals surface area (Å²) in [4.78, 5) is 0. The third-order valence-electron chi connectivity index (χ3n) is 1.45. The van der Waals surface area contributed by atoms with E-state index in [1.165, 1.54) is 0 Å². The van der Waals surface area contributed by atoms with Gasteiger partial charge in [-0.2, -0.15) is 35.1 Å². The van der Waals surface area contributed by atoms with Gasteiger partial charge in [0, 0.05) is 0 Å². The van der Waals surface area contributed by atoms with Crippen LogP contribution in [0.1, 0.15) is 0 Å². The van der Waals surface area contributed by atoms with Crippen molar-refractivity contribution < 1.29 is 39.9 Å². The number of alkyl halides is 5. The van der Waals surface area contributed by atoms with Gasteiger partial charge in [0.25, 0.3) is 0 Å². The van der Waals surface area contributed by atoms with Crippen LogP contribution < -0.4 is 0 Å². The fourth-order valence-corrected chi connectivity index (χ4v) is 0.658. The van der Waals surface area contributed by atoms with Gasteiger partial charge in [0.15, 0.2) is 0 Å². The molecule has 1 fully saturated rings. The molecule has 14 heavy (non-hydrogen) atoms. The summed E-state index contributed by atoms with van der Waals surface area (Å²) in [5.74, 6) is -14.3. The van der Waals surface area contributed by atoms with Gasteiger partial charge >= 0.3 is 24.0 Å². The summed E-state index contributed by atoms with van der Waals surface area (Å²) in [5.41, 5.74) is 0. The zero-order chi connectivity index (χ0) is 11.4. The molecular weight excluding hydrogens is 228 g/mol. The van der Waals surface area contributed by atoms with Crippen LogP contribution in [-0.2, 0) is 4.74 Å². The molecule has 1 aliphatic rings. The molecule has 0 aromatic rings. The lowest BCUT2D eigenvalue weighted by atomic mass is 10.2. The smallest absolute Gasteiger partial charge is 0.265 e. The quantitative estimate of drug-likeness (QED) is 0.522. The first kappa shape index (κ1) is 11.2. The molecule has 0 saturated carbocycles. The number of hydrogen-bond donors (Lipinski definition) is 0. The van der Waals surface area contributed by atoms with Gasteiger partial charge in [-0.15, -0.1) is 0 Å². The van der Waals surface area contributed by atoms with Crippen molar-refractivity contribution in [3.8, 4) is 0 Å². The Bertz CT molecular complexity index is 292. The van der Waals surface area contributed by atoms with Crippen molar-refractivity contribution in [2.75, 3.05) is 0 Å². The number of rotatable bonds is 2. The molecule has 82 valence electrons. The maximum Gasteiger partial charge on any atom is 0.424 e. The SMILES string of the molecule is FC(F)=C(F)C(F)(F)C1(F)OC1(F)F.